The van der Waals surface area contributed by atoms with Gasteiger partial charge in [-0.15, -0.1) is 0 Å². The summed E-state index contributed by atoms with van der Waals surface area (Å²) in [5, 5.41) is 3.35. The van der Waals surface area contributed by atoms with Crippen molar-refractivity contribution < 1.29 is 9.53 Å². The Hall–Kier alpha value is -1.55. The van der Waals surface area contributed by atoms with Gasteiger partial charge in [-0.05, 0) is 24.6 Å². The average molecular weight is 246 g/mol. The SMILES string of the molecule is COC(=O)c1cccc(N2CCC3(CNC3)C2)c1. The van der Waals surface area contributed by atoms with Gasteiger partial charge in [0.2, 0.25) is 0 Å². The first kappa shape index (κ1) is 11.5. The fourth-order valence-corrected chi connectivity index (χ4v) is 2.87. The highest BCUT2D eigenvalue weighted by atomic mass is 16.5. The first-order valence-electron chi connectivity index (χ1n) is 6.37. The molecule has 1 aromatic carbocycles. The molecule has 0 bridgehead atoms. The van der Waals surface area contributed by atoms with Gasteiger partial charge in [-0.1, -0.05) is 6.07 Å². The quantitative estimate of drug-likeness (QED) is 0.798. The van der Waals surface area contributed by atoms with Gasteiger partial charge in [0, 0.05) is 37.3 Å². The van der Waals surface area contributed by atoms with Crippen molar-refractivity contribution in [1.29, 1.82) is 0 Å². The number of carbonyl (C=O) groups is 1. The van der Waals surface area contributed by atoms with Gasteiger partial charge in [0.05, 0.1) is 12.7 Å². The molecule has 3 rings (SSSR count). The van der Waals surface area contributed by atoms with Crippen molar-refractivity contribution in [1.82, 2.24) is 5.32 Å². The van der Waals surface area contributed by atoms with Crippen LogP contribution in [0, 0.1) is 5.41 Å². The van der Waals surface area contributed by atoms with Crippen LogP contribution in [0.15, 0.2) is 24.3 Å². The largest absolute Gasteiger partial charge is 0.465 e. The summed E-state index contributed by atoms with van der Waals surface area (Å²) < 4.78 is 4.76. The van der Waals surface area contributed by atoms with Crippen molar-refractivity contribution in [2.45, 2.75) is 6.42 Å². The number of anilines is 1. The molecule has 2 heterocycles. The Morgan fingerprint density at radius 1 is 1.44 bits per heavy atom. The molecule has 0 radical (unpaired) electrons. The minimum atomic E-state index is -0.268. The second-order valence-corrected chi connectivity index (χ2v) is 5.32. The second kappa shape index (κ2) is 4.28. The highest BCUT2D eigenvalue weighted by Crippen LogP contribution is 2.36. The number of esters is 1. The number of nitrogens with one attached hydrogen (secondary N) is 1. The maximum absolute atomic E-state index is 11.5. The number of nitrogens with zero attached hydrogens (tertiary/aromatic N) is 1. The van der Waals surface area contributed by atoms with Crippen LogP contribution in [0.25, 0.3) is 0 Å². The topological polar surface area (TPSA) is 41.6 Å². The summed E-state index contributed by atoms with van der Waals surface area (Å²) in [5.74, 6) is -0.268. The highest BCUT2D eigenvalue weighted by Gasteiger charge is 2.42. The summed E-state index contributed by atoms with van der Waals surface area (Å²) >= 11 is 0. The molecule has 1 aromatic rings. The molecule has 4 nitrogen and oxygen atoms in total. The number of carbonyl (C=O) groups excluding carboxylic acids is 1. The number of hydrogen-bond donors (Lipinski definition) is 1. The molecule has 2 saturated heterocycles. The van der Waals surface area contributed by atoms with Crippen LogP contribution < -0.4 is 10.2 Å². The van der Waals surface area contributed by atoms with Crippen LogP contribution >= 0.6 is 0 Å². The van der Waals surface area contributed by atoms with Crippen LogP contribution in [0.3, 0.4) is 0 Å². The van der Waals surface area contributed by atoms with E-state index in [0.717, 1.165) is 31.9 Å². The monoisotopic (exact) mass is 246 g/mol. The van der Waals surface area contributed by atoms with Crippen LogP contribution in [0.4, 0.5) is 5.69 Å². The first-order valence-corrected chi connectivity index (χ1v) is 6.37. The number of ether oxygens (including phenoxy) is 1. The lowest BCUT2D eigenvalue weighted by Crippen LogP contribution is -2.54. The van der Waals surface area contributed by atoms with Crippen LogP contribution in [-0.2, 0) is 4.74 Å². The Kier molecular flexibility index (Phi) is 2.74. The molecule has 1 spiro atoms. The molecule has 96 valence electrons. The maximum atomic E-state index is 11.5. The summed E-state index contributed by atoms with van der Waals surface area (Å²) in [4.78, 5) is 13.9. The summed E-state index contributed by atoms with van der Waals surface area (Å²) in [7, 11) is 1.42. The van der Waals surface area contributed by atoms with E-state index in [1.165, 1.54) is 13.5 Å². The van der Waals surface area contributed by atoms with Crippen LogP contribution in [-0.4, -0.2) is 39.3 Å². The molecule has 2 aliphatic heterocycles. The molecular formula is C14H18N2O2. The zero-order chi connectivity index (χ0) is 12.6. The molecule has 0 amide bonds. The van der Waals surface area contributed by atoms with Crippen LogP contribution in [0.2, 0.25) is 0 Å². The van der Waals surface area contributed by atoms with Gasteiger partial charge >= 0.3 is 5.97 Å². The summed E-state index contributed by atoms with van der Waals surface area (Å²) in [6.45, 7) is 4.41. The fourth-order valence-electron chi connectivity index (χ4n) is 2.87. The van der Waals surface area contributed by atoms with Gasteiger partial charge in [0.1, 0.15) is 0 Å². The van der Waals surface area contributed by atoms with E-state index >= 15 is 0 Å². The van der Waals surface area contributed by atoms with E-state index in [-0.39, 0.29) is 5.97 Å². The number of rotatable bonds is 2. The highest BCUT2D eigenvalue weighted by molar-refractivity contribution is 5.90. The summed E-state index contributed by atoms with van der Waals surface area (Å²) in [6, 6.07) is 7.71. The van der Waals surface area contributed by atoms with Gasteiger partial charge in [-0.25, -0.2) is 4.79 Å². The van der Waals surface area contributed by atoms with Gasteiger partial charge in [0.25, 0.3) is 0 Å². The fraction of sp³-hybridized carbons (Fsp3) is 0.500. The summed E-state index contributed by atoms with van der Waals surface area (Å²) in [6.07, 6.45) is 1.24. The smallest absolute Gasteiger partial charge is 0.337 e. The zero-order valence-electron chi connectivity index (χ0n) is 10.6. The molecular weight excluding hydrogens is 228 g/mol. The van der Waals surface area contributed by atoms with Crippen molar-refractivity contribution in [3.05, 3.63) is 29.8 Å². The van der Waals surface area contributed by atoms with E-state index in [0.29, 0.717) is 11.0 Å². The van der Waals surface area contributed by atoms with E-state index in [2.05, 4.69) is 16.3 Å². The summed E-state index contributed by atoms with van der Waals surface area (Å²) in [5.41, 5.74) is 2.23. The molecule has 0 unspecified atom stereocenters. The molecule has 0 aromatic heterocycles. The van der Waals surface area contributed by atoms with E-state index in [4.69, 9.17) is 4.74 Å². The molecule has 2 fully saturated rings. The van der Waals surface area contributed by atoms with Crippen molar-refractivity contribution in [3.63, 3.8) is 0 Å². The molecule has 18 heavy (non-hydrogen) atoms. The van der Waals surface area contributed by atoms with Crippen LogP contribution in [0.5, 0.6) is 0 Å². The lowest BCUT2D eigenvalue weighted by molar-refractivity contribution is 0.0601. The van der Waals surface area contributed by atoms with E-state index in [9.17, 15) is 4.79 Å². The van der Waals surface area contributed by atoms with E-state index in [1.807, 2.05) is 12.1 Å². The minimum Gasteiger partial charge on any atom is -0.465 e. The zero-order valence-corrected chi connectivity index (χ0v) is 10.6. The predicted octanol–water partition coefficient (Wildman–Crippen LogP) is 1.27. The Labute approximate surface area is 107 Å². The average Bonchev–Trinajstić information content (AvgIpc) is 2.83. The molecule has 4 heteroatoms. The first-order chi connectivity index (χ1) is 8.72. The molecule has 0 aliphatic carbocycles. The molecule has 1 N–H and O–H groups in total. The number of hydrogen-bond acceptors (Lipinski definition) is 4. The van der Waals surface area contributed by atoms with Crippen LogP contribution in [0.1, 0.15) is 16.8 Å². The van der Waals surface area contributed by atoms with Gasteiger partial charge in [-0.2, -0.15) is 0 Å². The lowest BCUT2D eigenvalue weighted by atomic mass is 9.81. The minimum absolute atomic E-state index is 0.268. The Balaban J connectivity index is 1.78. The predicted molar refractivity (Wildman–Crippen MR) is 69.9 cm³/mol. The third-order valence-corrected chi connectivity index (χ3v) is 4.07. The van der Waals surface area contributed by atoms with Crippen molar-refractivity contribution in [2.75, 3.05) is 38.2 Å². The van der Waals surface area contributed by atoms with E-state index in [1.54, 1.807) is 6.07 Å². The van der Waals surface area contributed by atoms with Gasteiger partial charge in [0.15, 0.2) is 0 Å². The Bertz CT molecular complexity index is 469. The third-order valence-electron chi connectivity index (χ3n) is 4.07. The molecule has 2 aliphatic rings. The van der Waals surface area contributed by atoms with Crippen molar-refractivity contribution in [2.24, 2.45) is 5.41 Å². The van der Waals surface area contributed by atoms with E-state index < -0.39 is 0 Å². The number of methoxy groups -OCH3 is 1. The molecule has 0 saturated carbocycles. The van der Waals surface area contributed by atoms with Gasteiger partial charge < -0.3 is 15.0 Å². The number of benzene rings is 1. The Morgan fingerprint density at radius 2 is 2.28 bits per heavy atom. The standard InChI is InChI=1S/C14H18N2O2/c1-18-13(17)11-3-2-4-12(7-11)16-6-5-14(10-16)8-15-9-14/h2-4,7,15H,5-6,8-10H2,1H3. The Morgan fingerprint density at radius 3 is 2.89 bits per heavy atom. The maximum Gasteiger partial charge on any atom is 0.337 e. The van der Waals surface area contributed by atoms with Crippen molar-refractivity contribution in [3.8, 4) is 0 Å². The lowest BCUT2D eigenvalue weighted by Gasteiger charge is -2.39. The molecule has 0 atom stereocenters. The van der Waals surface area contributed by atoms with Crippen molar-refractivity contribution >= 4 is 11.7 Å². The normalized spacial score (nSPS) is 20.8. The second-order valence-electron chi connectivity index (χ2n) is 5.32. The third kappa shape index (κ3) is 1.86. The van der Waals surface area contributed by atoms with Gasteiger partial charge in [-0.3, -0.25) is 0 Å².